The van der Waals surface area contributed by atoms with Crippen LogP contribution >= 0.6 is 7.52 Å². The van der Waals surface area contributed by atoms with Gasteiger partial charge in [-0.2, -0.15) is 0 Å². The summed E-state index contributed by atoms with van der Waals surface area (Å²) in [5.41, 5.74) is 1.49. The zero-order chi connectivity index (χ0) is 15.4. The molecule has 22 heavy (non-hydrogen) atoms. The summed E-state index contributed by atoms with van der Waals surface area (Å²) < 4.78 is 18.9. The van der Waals surface area contributed by atoms with Crippen molar-refractivity contribution in [2.45, 2.75) is 6.92 Å². The quantitative estimate of drug-likeness (QED) is 0.717. The smallest absolute Gasteiger partial charge is 0.310 e. The van der Waals surface area contributed by atoms with Crippen molar-refractivity contribution in [2.75, 3.05) is 11.7 Å². The standard InChI is InChI=1S/C17H17N2O2P/c1-2-21-22(20,15-10-4-3-5-11-15)19-16-12-6-8-14-9-7-13-18-17(14)16/h3-13H,2H2,1H3,(H,19,20). The number of hydrogen-bond acceptors (Lipinski definition) is 3. The number of hydrogen-bond donors (Lipinski definition) is 1. The number of rotatable bonds is 5. The van der Waals surface area contributed by atoms with Crippen molar-refractivity contribution in [1.82, 2.24) is 4.98 Å². The van der Waals surface area contributed by atoms with Gasteiger partial charge in [-0.15, -0.1) is 0 Å². The minimum absolute atomic E-state index is 0.358. The van der Waals surface area contributed by atoms with Crippen LogP contribution in [0.2, 0.25) is 0 Å². The summed E-state index contributed by atoms with van der Waals surface area (Å²) >= 11 is 0. The maximum Gasteiger partial charge on any atom is 0.324 e. The van der Waals surface area contributed by atoms with Crippen LogP contribution in [0, 0.1) is 0 Å². The van der Waals surface area contributed by atoms with Gasteiger partial charge in [0, 0.05) is 11.6 Å². The maximum atomic E-state index is 13.3. The number of para-hydroxylation sites is 1. The van der Waals surface area contributed by atoms with Gasteiger partial charge in [0.15, 0.2) is 0 Å². The van der Waals surface area contributed by atoms with Crippen LogP contribution in [0.25, 0.3) is 10.9 Å². The molecule has 0 fully saturated rings. The van der Waals surface area contributed by atoms with Crippen LogP contribution in [0.4, 0.5) is 5.69 Å². The molecule has 0 saturated heterocycles. The molecule has 2 aromatic carbocycles. The highest BCUT2D eigenvalue weighted by Crippen LogP contribution is 2.46. The van der Waals surface area contributed by atoms with Crippen molar-refractivity contribution in [3.63, 3.8) is 0 Å². The summed E-state index contributed by atoms with van der Waals surface area (Å²) in [5, 5.41) is 4.72. The molecule has 0 aliphatic rings. The van der Waals surface area contributed by atoms with Crippen molar-refractivity contribution in [2.24, 2.45) is 0 Å². The van der Waals surface area contributed by atoms with Crippen LogP contribution in [0.1, 0.15) is 6.92 Å². The van der Waals surface area contributed by atoms with E-state index < -0.39 is 7.52 Å². The topological polar surface area (TPSA) is 51.2 Å². The Morgan fingerprint density at radius 3 is 2.59 bits per heavy atom. The number of anilines is 1. The van der Waals surface area contributed by atoms with Crippen LogP contribution in [0.15, 0.2) is 66.9 Å². The Balaban J connectivity index is 2.06. The van der Waals surface area contributed by atoms with Crippen molar-refractivity contribution in [3.8, 4) is 0 Å². The molecule has 0 radical (unpaired) electrons. The fourth-order valence-electron chi connectivity index (χ4n) is 2.33. The van der Waals surface area contributed by atoms with E-state index in [1.54, 1.807) is 6.20 Å². The molecule has 0 amide bonds. The van der Waals surface area contributed by atoms with Gasteiger partial charge in [0.25, 0.3) is 0 Å². The van der Waals surface area contributed by atoms with E-state index in [2.05, 4.69) is 10.1 Å². The Hall–Kier alpha value is -2.16. The molecule has 1 atom stereocenters. The molecule has 1 unspecified atom stereocenters. The molecule has 0 aliphatic carbocycles. The van der Waals surface area contributed by atoms with Crippen LogP contribution in [-0.2, 0) is 9.09 Å². The predicted octanol–water partition coefficient (Wildman–Crippen LogP) is 4.20. The van der Waals surface area contributed by atoms with Gasteiger partial charge in [0.2, 0.25) is 0 Å². The fourth-order valence-corrected chi connectivity index (χ4v) is 4.10. The van der Waals surface area contributed by atoms with E-state index in [1.165, 1.54) is 0 Å². The van der Waals surface area contributed by atoms with Crippen LogP contribution < -0.4 is 10.4 Å². The Labute approximate surface area is 129 Å². The average molecular weight is 312 g/mol. The zero-order valence-corrected chi connectivity index (χ0v) is 13.2. The Morgan fingerprint density at radius 2 is 1.82 bits per heavy atom. The maximum absolute atomic E-state index is 13.3. The first-order valence-corrected chi connectivity index (χ1v) is 8.77. The van der Waals surface area contributed by atoms with Gasteiger partial charge in [-0.25, -0.2) is 0 Å². The molecule has 1 N–H and O–H groups in total. The van der Waals surface area contributed by atoms with Gasteiger partial charge in [0.05, 0.1) is 23.1 Å². The summed E-state index contributed by atoms with van der Waals surface area (Å²) in [5.74, 6) is 0. The lowest BCUT2D eigenvalue weighted by molar-refractivity contribution is 0.344. The van der Waals surface area contributed by atoms with E-state index in [1.807, 2.05) is 67.6 Å². The lowest BCUT2D eigenvalue weighted by Crippen LogP contribution is -2.14. The number of nitrogens with zero attached hydrogens (tertiary/aromatic N) is 1. The lowest BCUT2D eigenvalue weighted by atomic mass is 10.2. The van der Waals surface area contributed by atoms with Crippen LogP contribution in [0.5, 0.6) is 0 Å². The fraction of sp³-hybridized carbons (Fsp3) is 0.118. The van der Waals surface area contributed by atoms with Gasteiger partial charge in [-0.3, -0.25) is 9.55 Å². The molecule has 3 aromatic rings. The molecule has 0 saturated carbocycles. The second-order valence-corrected chi connectivity index (χ2v) is 6.90. The molecule has 0 aliphatic heterocycles. The second-order valence-electron chi connectivity index (χ2n) is 4.80. The first-order valence-electron chi connectivity index (χ1n) is 7.15. The molecule has 112 valence electrons. The SMILES string of the molecule is CCOP(=O)(Nc1cccc2cccnc12)c1ccccc1. The Morgan fingerprint density at radius 1 is 1.05 bits per heavy atom. The van der Waals surface area contributed by atoms with E-state index in [0.717, 1.165) is 10.9 Å². The third-order valence-corrected chi connectivity index (χ3v) is 5.44. The zero-order valence-electron chi connectivity index (χ0n) is 12.3. The summed E-state index contributed by atoms with van der Waals surface area (Å²) in [6.45, 7) is 2.19. The third-order valence-electron chi connectivity index (χ3n) is 3.31. The molecular formula is C17H17N2O2P. The van der Waals surface area contributed by atoms with Crippen molar-refractivity contribution in [3.05, 3.63) is 66.9 Å². The molecule has 3 rings (SSSR count). The minimum atomic E-state index is -3.19. The highest BCUT2D eigenvalue weighted by atomic mass is 31.2. The van der Waals surface area contributed by atoms with E-state index in [4.69, 9.17) is 4.52 Å². The largest absolute Gasteiger partial charge is 0.324 e. The minimum Gasteiger partial charge on any atom is -0.310 e. The van der Waals surface area contributed by atoms with E-state index in [-0.39, 0.29) is 0 Å². The van der Waals surface area contributed by atoms with Crippen LogP contribution in [0.3, 0.4) is 0 Å². The third kappa shape index (κ3) is 2.89. The molecule has 1 heterocycles. The summed E-state index contributed by atoms with van der Waals surface area (Å²) in [4.78, 5) is 4.38. The molecule has 4 nitrogen and oxygen atoms in total. The van der Waals surface area contributed by atoms with Crippen LogP contribution in [-0.4, -0.2) is 11.6 Å². The number of pyridine rings is 1. The summed E-state index contributed by atoms with van der Waals surface area (Å²) in [6, 6.07) is 18.8. The van der Waals surface area contributed by atoms with Gasteiger partial charge >= 0.3 is 7.52 Å². The first-order chi connectivity index (χ1) is 10.7. The number of benzene rings is 2. The number of nitrogens with one attached hydrogen (secondary N) is 1. The predicted molar refractivity (Wildman–Crippen MR) is 90.7 cm³/mol. The second kappa shape index (κ2) is 6.30. The number of fused-ring (bicyclic) bond motifs is 1. The summed E-state index contributed by atoms with van der Waals surface area (Å²) in [7, 11) is -3.19. The highest BCUT2D eigenvalue weighted by Gasteiger charge is 2.26. The average Bonchev–Trinajstić information content (AvgIpc) is 2.56. The van der Waals surface area contributed by atoms with Crippen molar-refractivity contribution in [1.29, 1.82) is 0 Å². The summed E-state index contributed by atoms with van der Waals surface area (Å²) in [6.07, 6.45) is 1.72. The molecule has 0 bridgehead atoms. The highest BCUT2D eigenvalue weighted by molar-refractivity contribution is 7.68. The van der Waals surface area contributed by atoms with Gasteiger partial charge < -0.3 is 9.61 Å². The monoisotopic (exact) mass is 312 g/mol. The van der Waals surface area contributed by atoms with Crippen molar-refractivity contribution < 1.29 is 9.09 Å². The van der Waals surface area contributed by atoms with E-state index >= 15 is 0 Å². The lowest BCUT2D eigenvalue weighted by Gasteiger charge is -2.20. The Bertz CT molecular complexity index is 816. The molecule has 0 spiro atoms. The first kappa shape index (κ1) is 14.8. The number of aromatic nitrogens is 1. The van der Waals surface area contributed by atoms with Crippen molar-refractivity contribution >= 4 is 29.4 Å². The normalized spacial score (nSPS) is 13.7. The van der Waals surface area contributed by atoms with E-state index in [0.29, 0.717) is 17.6 Å². The van der Waals surface area contributed by atoms with Gasteiger partial charge in [-0.1, -0.05) is 36.4 Å². The molecule has 5 heteroatoms. The molecule has 1 aromatic heterocycles. The van der Waals surface area contributed by atoms with Gasteiger partial charge in [-0.05, 0) is 31.2 Å². The molecular weight excluding hydrogens is 295 g/mol. The van der Waals surface area contributed by atoms with Gasteiger partial charge in [0.1, 0.15) is 0 Å². The van der Waals surface area contributed by atoms with E-state index in [9.17, 15) is 4.57 Å². The Kier molecular flexibility index (Phi) is 4.23.